The van der Waals surface area contributed by atoms with Crippen molar-refractivity contribution in [2.24, 2.45) is 5.92 Å². The second kappa shape index (κ2) is 12.4. The van der Waals surface area contributed by atoms with Crippen LogP contribution in [0.2, 0.25) is 0 Å². The fourth-order valence-electron chi connectivity index (χ4n) is 4.97. The summed E-state index contributed by atoms with van der Waals surface area (Å²) in [5.41, 5.74) is 1.01. The average molecular weight is 475 g/mol. The molecule has 0 bridgehead atoms. The molecule has 8 heteroatoms. The minimum absolute atomic E-state index is 0.0819. The van der Waals surface area contributed by atoms with Crippen LogP contribution in [0.4, 0.5) is 10.5 Å². The Labute approximate surface area is 204 Å². The number of methoxy groups -OCH3 is 1. The summed E-state index contributed by atoms with van der Waals surface area (Å²) >= 11 is 0. The van der Waals surface area contributed by atoms with Gasteiger partial charge in [-0.2, -0.15) is 0 Å². The van der Waals surface area contributed by atoms with Gasteiger partial charge < -0.3 is 25.0 Å². The Morgan fingerprint density at radius 3 is 2.59 bits per heavy atom. The Kier molecular flexibility index (Phi) is 9.59. The van der Waals surface area contributed by atoms with Gasteiger partial charge in [0.25, 0.3) is 5.91 Å². The largest absolute Gasteiger partial charge is 0.491 e. The van der Waals surface area contributed by atoms with Gasteiger partial charge in [-0.25, -0.2) is 4.79 Å². The van der Waals surface area contributed by atoms with Gasteiger partial charge in [-0.15, -0.1) is 0 Å². The van der Waals surface area contributed by atoms with Crippen molar-refractivity contribution in [1.29, 1.82) is 0 Å². The topological polar surface area (TPSA) is 83.1 Å². The van der Waals surface area contributed by atoms with Crippen molar-refractivity contribution in [3.8, 4) is 5.75 Å². The molecule has 1 aromatic rings. The second-order valence-electron chi connectivity index (χ2n) is 9.83. The molecule has 0 spiro atoms. The van der Waals surface area contributed by atoms with Crippen LogP contribution in [-0.2, 0) is 4.74 Å². The maximum atomic E-state index is 13.4. The zero-order valence-corrected chi connectivity index (χ0v) is 21.4. The second-order valence-corrected chi connectivity index (χ2v) is 9.83. The number of anilines is 1. The number of nitrogens with zero attached hydrogens (tertiary/aromatic N) is 2. The third kappa shape index (κ3) is 6.85. The van der Waals surface area contributed by atoms with E-state index >= 15 is 0 Å². The number of amides is 3. The van der Waals surface area contributed by atoms with Crippen molar-refractivity contribution >= 4 is 17.6 Å². The summed E-state index contributed by atoms with van der Waals surface area (Å²) in [7, 11) is 3.49. The van der Waals surface area contributed by atoms with E-state index in [1.165, 1.54) is 6.42 Å². The quantitative estimate of drug-likeness (QED) is 0.690. The number of likely N-dealkylation sites (N-methyl/N-ethyl adjacent to an activating group) is 2. The molecule has 34 heavy (non-hydrogen) atoms. The van der Waals surface area contributed by atoms with Crippen LogP contribution in [0.25, 0.3) is 0 Å². The van der Waals surface area contributed by atoms with Gasteiger partial charge in [-0.3, -0.25) is 9.69 Å². The van der Waals surface area contributed by atoms with Gasteiger partial charge in [0.1, 0.15) is 12.4 Å². The third-order valence-corrected chi connectivity index (χ3v) is 7.18. The first kappa shape index (κ1) is 26.3. The zero-order valence-electron chi connectivity index (χ0n) is 21.4. The number of carbonyl (C=O) groups excluding carboxylic acids is 2. The molecular weight excluding hydrogens is 432 g/mol. The molecule has 0 unspecified atom stereocenters. The van der Waals surface area contributed by atoms with E-state index in [4.69, 9.17) is 9.47 Å². The average Bonchev–Trinajstić information content (AvgIpc) is 2.83. The number of nitrogens with one attached hydrogen (secondary N) is 2. The molecule has 0 radical (unpaired) electrons. The number of ether oxygens (including phenoxy) is 2. The smallest absolute Gasteiger partial charge is 0.319 e. The molecule has 3 amide bonds. The maximum absolute atomic E-state index is 13.4. The molecule has 1 saturated carbocycles. The molecule has 190 valence electrons. The molecule has 1 aliphatic carbocycles. The van der Waals surface area contributed by atoms with E-state index in [9.17, 15) is 9.59 Å². The van der Waals surface area contributed by atoms with E-state index in [0.717, 1.165) is 38.8 Å². The predicted octanol–water partition coefficient (Wildman–Crippen LogP) is 3.97. The first-order valence-corrected chi connectivity index (χ1v) is 12.7. The lowest BCUT2D eigenvalue weighted by Crippen LogP contribution is -2.46. The van der Waals surface area contributed by atoms with Crippen molar-refractivity contribution < 1.29 is 19.1 Å². The highest BCUT2D eigenvalue weighted by Gasteiger charge is 2.28. The Balaban J connectivity index is 1.82. The summed E-state index contributed by atoms with van der Waals surface area (Å²) in [4.78, 5) is 30.1. The number of hydrogen-bond acceptors (Lipinski definition) is 5. The van der Waals surface area contributed by atoms with E-state index in [1.807, 2.05) is 0 Å². The minimum atomic E-state index is -0.234. The molecular formula is C26H42N4O4. The van der Waals surface area contributed by atoms with Crippen LogP contribution in [0, 0.1) is 5.92 Å². The number of hydrogen-bond donors (Lipinski definition) is 2. The molecule has 8 nitrogen and oxygen atoms in total. The first-order chi connectivity index (χ1) is 16.3. The monoisotopic (exact) mass is 474 g/mol. The Hall–Kier alpha value is -2.32. The van der Waals surface area contributed by atoms with E-state index in [2.05, 4.69) is 36.3 Å². The van der Waals surface area contributed by atoms with Gasteiger partial charge in [0.15, 0.2) is 0 Å². The molecule has 1 heterocycles. The van der Waals surface area contributed by atoms with Gasteiger partial charge in [-0.1, -0.05) is 33.1 Å². The number of fused-ring (bicyclic) bond motifs is 1. The van der Waals surface area contributed by atoms with E-state index in [1.54, 1.807) is 37.3 Å². The summed E-state index contributed by atoms with van der Waals surface area (Å²) in [6, 6.07) is 5.45. The Morgan fingerprint density at radius 2 is 1.91 bits per heavy atom. The van der Waals surface area contributed by atoms with Gasteiger partial charge in [0.05, 0.1) is 11.7 Å². The lowest BCUT2D eigenvalue weighted by Gasteiger charge is -2.35. The molecule has 1 fully saturated rings. The third-order valence-electron chi connectivity index (χ3n) is 7.18. The number of benzene rings is 1. The van der Waals surface area contributed by atoms with Crippen molar-refractivity contribution in [2.75, 3.05) is 45.7 Å². The summed E-state index contributed by atoms with van der Waals surface area (Å²) in [5, 5.41) is 5.96. The van der Waals surface area contributed by atoms with Gasteiger partial charge in [0.2, 0.25) is 0 Å². The number of urea groups is 1. The predicted molar refractivity (Wildman–Crippen MR) is 135 cm³/mol. The number of rotatable bonds is 4. The fraction of sp³-hybridized carbons (Fsp3) is 0.692. The van der Waals surface area contributed by atoms with Crippen molar-refractivity contribution in [3.63, 3.8) is 0 Å². The lowest BCUT2D eigenvalue weighted by atomic mass is 9.96. The van der Waals surface area contributed by atoms with Gasteiger partial charge in [0, 0.05) is 45.0 Å². The highest BCUT2D eigenvalue weighted by Crippen LogP contribution is 2.26. The summed E-state index contributed by atoms with van der Waals surface area (Å²) in [5.74, 6) is 0.625. The Bertz CT molecular complexity index is 827. The molecule has 2 aliphatic rings. The van der Waals surface area contributed by atoms with E-state index < -0.39 is 0 Å². The molecule has 3 rings (SSSR count). The van der Waals surface area contributed by atoms with Crippen molar-refractivity contribution in [2.45, 2.75) is 71.1 Å². The van der Waals surface area contributed by atoms with Crippen LogP contribution in [0.15, 0.2) is 18.2 Å². The highest BCUT2D eigenvalue weighted by atomic mass is 16.5. The summed E-state index contributed by atoms with van der Waals surface area (Å²) in [6.45, 7) is 9.17. The molecule has 3 atom stereocenters. The first-order valence-electron chi connectivity index (χ1n) is 12.7. The molecule has 0 aromatic heterocycles. The van der Waals surface area contributed by atoms with Crippen LogP contribution >= 0.6 is 0 Å². The molecule has 1 aliphatic heterocycles. The number of carbonyl (C=O) groups is 2. The van der Waals surface area contributed by atoms with Crippen LogP contribution in [-0.4, -0.2) is 80.3 Å². The molecule has 2 N–H and O–H groups in total. The van der Waals surface area contributed by atoms with E-state index in [-0.39, 0.29) is 36.0 Å². The van der Waals surface area contributed by atoms with E-state index in [0.29, 0.717) is 30.2 Å². The zero-order chi connectivity index (χ0) is 24.7. The highest BCUT2D eigenvalue weighted by molar-refractivity contribution is 5.99. The normalized spacial score (nSPS) is 25.5. The maximum Gasteiger partial charge on any atom is 0.319 e. The van der Waals surface area contributed by atoms with Crippen molar-refractivity contribution in [3.05, 3.63) is 23.8 Å². The van der Waals surface area contributed by atoms with Crippen LogP contribution in [0.3, 0.4) is 0 Å². The van der Waals surface area contributed by atoms with Crippen LogP contribution < -0.4 is 15.4 Å². The summed E-state index contributed by atoms with van der Waals surface area (Å²) < 4.78 is 11.9. The van der Waals surface area contributed by atoms with Gasteiger partial charge >= 0.3 is 6.03 Å². The van der Waals surface area contributed by atoms with Crippen LogP contribution in [0.1, 0.15) is 63.2 Å². The van der Waals surface area contributed by atoms with Crippen LogP contribution in [0.5, 0.6) is 5.75 Å². The lowest BCUT2D eigenvalue weighted by molar-refractivity contribution is 0.0116. The standard InChI is InChI=1S/C26H42N4O4/c1-6-30-15-18(2)24(33-5)16-29(4)25(31)22-14-21(12-13-23(22)34-17-19(30)3)28-26(32)27-20-10-8-7-9-11-20/h12-14,18-20,24H,6-11,15-17H2,1-5H3,(H2,27,28,32)/t18-,19-,24-/m1/s1. The summed E-state index contributed by atoms with van der Waals surface area (Å²) in [6.07, 6.45) is 5.48. The van der Waals surface area contributed by atoms with Gasteiger partial charge in [-0.05, 0) is 50.4 Å². The molecule has 0 saturated heterocycles. The van der Waals surface area contributed by atoms with Crippen molar-refractivity contribution in [1.82, 2.24) is 15.1 Å². The SMILES string of the molecule is CCN1C[C@@H](C)[C@H](OC)CN(C)C(=O)c2cc(NC(=O)NC3CCCCC3)ccc2OC[C@H]1C. The minimum Gasteiger partial charge on any atom is -0.491 e. The molecule has 1 aromatic carbocycles. The fourth-order valence-corrected chi connectivity index (χ4v) is 4.97. The Morgan fingerprint density at radius 1 is 1.18 bits per heavy atom.